The van der Waals surface area contributed by atoms with Crippen molar-refractivity contribution in [1.82, 2.24) is 0 Å². The largest absolute Gasteiger partial charge is 0.490 e. The zero-order valence-corrected chi connectivity index (χ0v) is 21.1. The molecule has 0 aliphatic heterocycles. The molecule has 3 aromatic rings. The van der Waals surface area contributed by atoms with Crippen LogP contribution in [0.1, 0.15) is 23.6 Å². The smallest absolute Gasteiger partial charge is 0.175 e. The van der Waals surface area contributed by atoms with Crippen LogP contribution in [0.4, 0.5) is 0 Å². The van der Waals surface area contributed by atoms with Gasteiger partial charge in [0.15, 0.2) is 11.5 Å². The fourth-order valence-corrected chi connectivity index (χ4v) is 4.20. The molecule has 3 rings (SSSR count). The Morgan fingerprint density at radius 3 is 2.42 bits per heavy atom. The summed E-state index contributed by atoms with van der Waals surface area (Å²) in [7, 11) is 0. The summed E-state index contributed by atoms with van der Waals surface area (Å²) in [5.74, 6) is 1.18. The van der Waals surface area contributed by atoms with Crippen LogP contribution in [0.3, 0.4) is 0 Å². The van der Waals surface area contributed by atoms with E-state index in [4.69, 9.17) is 32.7 Å². The van der Waals surface area contributed by atoms with Gasteiger partial charge in [-0.3, -0.25) is 0 Å². The molecule has 0 N–H and O–H groups in total. The zero-order valence-electron chi connectivity index (χ0n) is 16.5. The Labute approximate surface area is 208 Å². The van der Waals surface area contributed by atoms with E-state index < -0.39 is 0 Å². The van der Waals surface area contributed by atoms with Gasteiger partial charge in [0, 0.05) is 15.1 Å². The van der Waals surface area contributed by atoms with Gasteiger partial charge in [-0.1, -0.05) is 57.3 Å². The second kappa shape index (κ2) is 11.1. The fraction of sp³-hybridized carbons (Fsp3) is 0.125. The minimum Gasteiger partial charge on any atom is -0.490 e. The lowest BCUT2D eigenvalue weighted by Gasteiger charge is -2.15. The number of nitrogens with zero attached hydrogens (tertiary/aromatic N) is 1. The Morgan fingerprint density at radius 1 is 1.03 bits per heavy atom. The van der Waals surface area contributed by atoms with Crippen molar-refractivity contribution in [3.8, 4) is 17.6 Å². The van der Waals surface area contributed by atoms with E-state index in [0.29, 0.717) is 45.9 Å². The Balaban J connectivity index is 1.94. The monoisotopic (exact) mass is 579 g/mol. The molecule has 3 aromatic carbocycles. The fourth-order valence-electron chi connectivity index (χ4n) is 2.86. The van der Waals surface area contributed by atoms with Gasteiger partial charge in [-0.25, -0.2) is 0 Å². The third-order valence-electron chi connectivity index (χ3n) is 4.28. The normalized spacial score (nSPS) is 11.2. The first-order valence-electron chi connectivity index (χ1n) is 9.32. The Kier molecular flexibility index (Phi) is 8.45. The van der Waals surface area contributed by atoms with Crippen molar-refractivity contribution in [2.24, 2.45) is 0 Å². The Morgan fingerprint density at radius 2 is 1.77 bits per heavy atom. The van der Waals surface area contributed by atoms with Crippen molar-refractivity contribution in [3.63, 3.8) is 0 Å². The summed E-state index contributed by atoms with van der Waals surface area (Å²) < 4.78 is 13.6. The lowest BCUT2D eigenvalue weighted by Crippen LogP contribution is -2.01. The second-order valence-electron chi connectivity index (χ2n) is 6.47. The third-order valence-corrected chi connectivity index (χ3v) is 5.95. The van der Waals surface area contributed by atoms with E-state index >= 15 is 0 Å². The van der Waals surface area contributed by atoms with E-state index in [-0.39, 0.29) is 0 Å². The maximum absolute atomic E-state index is 9.68. The third kappa shape index (κ3) is 6.27. The topological polar surface area (TPSA) is 42.2 Å². The van der Waals surface area contributed by atoms with Crippen molar-refractivity contribution in [2.45, 2.75) is 13.5 Å². The SMILES string of the molecule is CCOc1cc(/C=C(\C#N)c2ccc(Cl)cc2Cl)cc(Br)c1OCc1ccc(Br)cc1. The number of ether oxygens (including phenoxy) is 2. The molecule has 0 heterocycles. The summed E-state index contributed by atoms with van der Waals surface area (Å²) in [4.78, 5) is 0. The first-order chi connectivity index (χ1) is 14.9. The molecule has 0 aliphatic carbocycles. The van der Waals surface area contributed by atoms with E-state index in [1.54, 1.807) is 24.3 Å². The first kappa shape index (κ1) is 23.7. The van der Waals surface area contributed by atoms with Gasteiger partial charge in [0.05, 0.1) is 27.7 Å². The molecule has 0 amide bonds. The van der Waals surface area contributed by atoms with Gasteiger partial charge in [-0.15, -0.1) is 0 Å². The van der Waals surface area contributed by atoms with Gasteiger partial charge < -0.3 is 9.47 Å². The van der Waals surface area contributed by atoms with Crippen LogP contribution in [0.2, 0.25) is 10.0 Å². The molecule has 0 radical (unpaired) electrons. The molecule has 3 nitrogen and oxygen atoms in total. The summed E-state index contributed by atoms with van der Waals surface area (Å²) in [5.41, 5.74) is 2.83. The van der Waals surface area contributed by atoms with Crippen LogP contribution in [0.5, 0.6) is 11.5 Å². The van der Waals surface area contributed by atoms with Crippen LogP contribution in [0, 0.1) is 11.3 Å². The summed E-state index contributed by atoms with van der Waals surface area (Å²) in [5, 5.41) is 10.6. The number of hydrogen-bond donors (Lipinski definition) is 0. The molecule has 0 bridgehead atoms. The van der Waals surface area contributed by atoms with Gasteiger partial charge in [-0.05, 0) is 76.5 Å². The van der Waals surface area contributed by atoms with E-state index in [1.165, 1.54) is 0 Å². The number of nitriles is 1. The minimum absolute atomic E-state index is 0.394. The van der Waals surface area contributed by atoms with Crippen molar-refractivity contribution in [1.29, 1.82) is 5.26 Å². The number of allylic oxidation sites excluding steroid dienone is 1. The second-order valence-corrected chi connectivity index (χ2v) is 9.09. The van der Waals surface area contributed by atoms with Gasteiger partial charge in [0.1, 0.15) is 6.61 Å². The first-order valence-corrected chi connectivity index (χ1v) is 11.7. The highest BCUT2D eigenvalue weighted by Gasteiger charge is 2.14. The van der Waals surface area contributed by atoms with Crippen molar-refractivity contribution in [3.05, 3.63) is 90.3 Å². The summed E-state index contributed by atoms with van der Waals surface area (Å²) in [6.45, 7) is 2.77. The van der Waals surface area contributed by atoms with E-state index in [1.807, 2.05) is 43.3 Å². The molecule has 0 fully saturated rings. The Bertz CT molecular complexity index is 1160. The molecular formula is C24H17Br2Cl2NO2. The van der Waals surface area contributed by atoms with E-state index in [2.05, 4.69) is 37.9 Å². The number of rotatable bonds is 7. The Hall–Kier alpha value is -1.97. The van der Waals surface area contributed by atoms with Crippen LogP contribution in [0.15, 0.2) is 63.5 Å². The van der Waals surface area contributed by atoms with Crippen molar-refractivity contribution >= 4 is 66.7 Å². The molecule has 7 heteroatoms. The van der Waals surface area contributed by atoms with Crippen molar-refractivity contribution in [2.75, 3.05) is 6.61 Å². The predicted octanol–water partition coefficient (Wildman–Crippen LogP) is 8.56. The molecular weight excluding hydrogens is 565 g/mol. The lowest BCUT2D eigenvalue weighted by molar-refractivity contribution is 0.267. The zero-order chi connectivity index (χ0) is 22.4. The molecule has 0 aliphatic rings. The highest BCUT2D eigenvalue weighted by Crippen LogP contribution is 2.39. The van der Waals surface area contributed by atoms with Gasteiger partial charge in [-0.2, -0.15) is 5.26 Å². The van der Waals surface area contributed by atoms with Crippen LogP contribution < -0.4 is 9.47 Å². The van der Waals surface area contributed by atoms with E-state index in [9.17, 15) is 5.26 Å². The highest BCUT2D eigenvalue weighted by atomic mass is 79.9. The maximum atomic E-state index is 9.68. The van der Waals surface area contributed by atoms with Crippen LogP contribution in [-0.4, -0.2) is 6.61 Å². The van der Waals surface area contributed by atoms with Gasteiger partial charge in [0.25, 0.3) is 0 Å². The molecule has 158 valence electrons. The van der Waals surface area contributed by atoms with E-state index in [0.717, 1.165) is 20.1 Å². The van der Waals surface area contributed by atoms with Crippen molar-refractivity contribution < 1.29 is 9.47 Å². The summed E-state index contributed by atoms with van der Waals surface area (Å²) in [6, 6.07) is 18.9. The molecule has 0 saturated carbocycles. The number of hydrogen-bond acceptors (Lipinski definition) is 3. The minimum atomic E-state index is 0.394. The molecule has 0 unspecified atom stereocenters. The molecule has 0 spiro atoms. The highest BCUT2D eigenvalue weighted by molar-refractivity contribution is 9.10. The summed E-state index contributed by atoms with van der Waals surface area (Å²) in [6.07, 6.45) is 1.75. The lowest BCUT2D eigenvalue weighted by atomic mass is 10.0. The quantitative estimate of drug-likeness (QED) is 0.207. The maximum Gasteiger partial charge on any atom is 0.175 e. The van der Waals surface area contributed by atoms with Crippen LogP contribution in [-0.2, 0) is 6.61 Å². The predicted molar refractivity (Wildman–Crippen MR) is 134 cm³/mol. The molecule has 0 atom stereocenters. The average molecular weight is 582 g/mol. The van der Waals surface area contributed by atoms with Crippen LogP contribution >= 0.6 is 55.1 Å². The number of halogens is 4. The molecule has 31 heavy (non-hydrogen) atoms. The van der Waals surface area contributed by atoms with Gasteiger partial charge >= 0.3 is 0 Å². The van der Waals surface area contributed by atoms with Gasteiger partial charge in [0.2, 0.25) is 0 Å². The standard InChI is InChI=1S/C24H17Br2Cl2NO2/c1-2-30-23-11-16(9-17(13-29)20-8-7-19(27)12-22(20)28)10-21(26)24(23)31-14-15-3-5-18(25)6-4-15/h3-12H,2,14H2,1H3/b17-9+. The van der Waals surface area contributed by atoms with Crippen LogP contribution in [0.25, 0.3) is 11.6 Å². The summed E-state index contributed by atoms with van der Waals surface area (Å²) >= 11 is 19.3. The average Bonchev–Trinajstić information content (AvgIpc) is 2.73. The number of benzene rings is 3. The molecule has 0 saturated heterocycles. The molecule has 0 aromatic heterocycles.